The Bertz CT molecular complexity index is 151. The summed E-state index contributed by atoms with van der Waals surface area (Å²) >= 11 is 3.27. The number of rotatable bonds is 3. The van der Waals surface area contributed by atoms with Crippen LogP contribution in [0.2, 0.25) is 0 Å². The Labute approximate surface area is 69.5 Å². The molecule has 0 fully saturated rings. The molecule has 0 unspecified atom stereocenters. The maximum absolute atomic E-state index is 5.26. The minimum Gasteiger partial charge on any atom is -0.404 e. The van der Waals surface area contributed by atoms with Crippen molar-refractivity contribution in [2.75, 3.05) is 20.6 Å². The molecule has 0 amide bonds. The summed E-state index contributed by atoms with van der Waals surface area (Å²) in [7, 11) is 3.60. The van der Waals surface area contributed by atoms with Crippen molar-refractivity contribution in [2.24, 2.45) is 10.7 Å². The minimum atomic E-state index is 0.727. The first-order valence-electron chi connectivity index (χ1n) is 2.94. The van der Waals surface area contributed by atoms with Gasteiger partial charge in [-0.1, -0.05) is 0 Å². The standard InChI is InChI=1S/C6H12BrN3/c1-9-4-6(10-2)5(7)3-8/h3,9H,4,8H2,1-2H3/b5-3+,10-6?. The van der Waals surface area contributed by atoms with Crippen LogP contribution in [0.3, 0.4) is 0 Å². The quantitative estimate of drug-likeness (QED) is 0.659. The van der Waals surface area contributed by atoms with Gasteiger partial charge in [0, 0.05) is 19.8 Å². The maximum Gasteiger partial charge on any atom is 0.0639 e. The lowest BCUT2D eigenvalue weighted by atomic mass is 10.3. The number of hydrogen-bond acceptors (Lipinski definition) is 3. The predicted octanol–water partition coefficient (Wildman–Crippen LogP) is 0.472. The predicted molar refractivity (Wildman–Crippen MR) is 48.5 cm³/mol. The second-order valence-electron chi connectivity index (χ2n) is 1.72. The summed E-state index contributed by atoms with van der Waals surface area (Å²) in [5.41, 5.74) is 6.18. The zero-order valence-corrected chi connectivity index (χ0v) is 7.77. The molecule has 0 aliphatic carbocycles. The highest BCUT2D eigenvalue weighted by Gasteiger charge is 1.98. The van der Waals surface area contributed by atoms with E-state index in [1.807, 2.05) is 7.05 Å². The van der Waals surface area contributed by atoms with Gasteiger partial charge < -0.3 is 11.1 Å². The first-order chi connectivity index (χ1) is 4.76. The lowest BCUT2D eigenvalue weighted by molar-refractivity contribution is 0.946. The summed E-state index contributed by atoms with van der Waals surface area (Å²) in [6.45, 7) is 0.727. The van der Waals surface area contributed by atoms with Gasteiger partial charge in [0.25, 0.3) is 0 Å². The van der Waals surface area contributed by atoms with E-state index in [9.17, 15) is 0 Å². The lowest BCUT2D eigenvalue weighted by Gasteiger charge is -2.01. The molecule has 0 radical (unpaired) electrons. The number of nitrogens with two attached hydrogens (primary N) is 1. The van der Waals surface area contributed by atoms with Crippen LogP contribution in [-0.4, -0.2) is 26.4 Å². The third-order valence-corrected chi connectivity index (χ3v) is 1.76. The maximum atomic E-state index is 5.26. The molecule has 0 heterocycles. The molecule has 0 saturated heterocycles. The fraction of sp³-hybridized carbons (Fsp3) is 0.500. The van der Waals surface area contributed by atoms with E-state index in [1.165, 1.54) is 6.20 Å². The van der Waals surface area contributed by atoms with Crippen LogP contribution in [0.25, 0.3) is 0 Å². The van der Waals surface area contributed by atoms with Crippen LogP contribution < -0.4 is 11.1 Å². The Balaban J connectivity index is 4.09. The lowest BCUT2D eigenvalue weighted by Crippen LogP contribution is -2.19. The molecule has 0 rings (SSSR count). The van der Waals surface area contributed by atoms with E-state index < -0.39 is 0 Å². The molecule has 0 bridgehead atoms. The SMILES string of the molecule is CN=C(CNC)/C(Br)=C\N. The highest BCUT2D eigenvalue weighted by Crippen LogP contribution is 2.04. The van der Waals surface area contributed by atoms with Crippen molar-refractivity contribution in [2.45, 2.75) is 0 Å². The Hall–Kier alpha value is -0.350. The van der Waals surface area contributed by atoms with E-state index in [-0.39, 0.29) is 0 Å². The Morgan fingerprint density at radius 2 is 2.40 bits per heavy atom. The Morgan fingerprint density at radius 3 is 2.70 bits per heavy atom. The smallest absolute Gasteiger partial charge is 0.0639 e. The molecule has 0 aliphatic rings. The third kappa shape index (κ3) is 2.98. The van der Waals surface area contributed by atoms with Crippen LogP contribution >= 0.6 is 15.9 Å². The monoisotopic (exact) mass is 205 g/mol. The highest BCUT2D eigenvalue weighted by atomic mass is 79.9. The van der Waals surface area contributed by atoms with E-state index in [0.717, 1.165) is 16.7 Å². The molecule has 10 heavy (non-hydrogen) atoms. The first-order valence-corrected chi connectivity index (χ1v) is 3.73. The van der Waals surface area contributed by atoms with Crippen LogP contribution in [0.5, 0.6) is 0 Å². The molecule has 0 aliphatic heterocycles. The van der Waals surface area contributed by atoms with Crippen LogP contribution in [0, 0.1) is 0 Å². The molecular weight excluding hydrogens is 194 g/mol. The van der Waals surface area contributed by atoms with Crippen LogP contribution in [0.4, 0.5) is 0 Å². The minimum absolute atomic E-state index is 0.727. The van der Waals surface area contributed by atoms with Crippen molar-refractivity contribution in [1.82, 2.24) is 5.32 Å². The van der Waals surface area contributed by atoms with Crippen molar-refractivity contribution < 1.29 is 0 Å². The summed E-state index contributed by atoms with van der Waals surface area (Å²) in [6.07, 6.45) is 1.49. The molecule has 3 nitrogen and oxygen atoms in total. The van der Waals surface area contributed by atoms with Gasteiger partial charge in [0.2, 0.25) is 0 Å². The molecule has 0 aromatic rings. The second kappa shape index (κ2) is 5.44. The van der Waals surface area contributed by atoms with E-state index in [0.29, 0.717) is 0 Å². The first kappa shape index (κ1) is 9.65. The summed E-state index contributed by atoms with van der Waals surface area (Å²) in [4.78, 5) is 4.01. The van der Waals surface area contributed by atoms with Gasteiger partial charge in [-0.2, -0.15) is 0 Å². The van der Waals surface area contributed by atoms with Crippen molar-refractivity contribution in [3.63, 3.8) is 0 Å². The second-order valence-corrected chi connectivity index (χ2v) is 2.57. The number of hydrogen-bond donors (Lipinski definition) is 2. The van der Waals surface area contributed by atoms with Gasteiger partial charge in [-0.05, 0) is 23.0 Å². The molecular formula is C6H12BrN3. The molecule has 0 spiro atoms. The van der Waals surface area contributed by atoms with Crippen LogP contribution in [-0.2, 0) is 0 Å². The van der Waals surface area contributed by atoms with Gasteiger partial charge in [0.15, 0.2) is 0 Å². The Kier molecular flexibility index (Phi) is 5.25. The molecule has 4 heteroatoms. The number of nitrogens with zero attached hydrogens (tertiary/aromatic N) is 1. The number of halogens is 1. The van der Waals surface area contributed by atoms with Gasteiger partial charge in [-0.15, -0.1) is 0 Å². The molecule has 0 aromatic heterocycles. The summed E-state index contributed by atoms with van der Waals surface area (Å²) in [5, 5.41) is 2.98. The van der Waals surface area contributed by atoms with Crippen molar-refractivity contribution in [1.29, 1.82) is 0 Å². The molecule has 0 saturated carbocycles. The van der Waals surface area contributed by atoms with E-state index >= 15 is 0 Å². The average Bonchev–Trinajstić information content (AvgIpc) is 1.99. The van der Waals surface area contributed by atoms with Crippen molar-refractivity contribution in [3.05, 3.63) is 10.7 Å². The molecule has 3 N–H and O–H groups in total. The topological polar surface area (TPSA) is 50.4 Å². The van der Waals surface area contributed by atoms with Crippen molar-refractivity contribution in [3.8, 4) is 0 Å². The summed E-state index contributed by atoms with van der Waals surface area (Å²) in [5.74, 6) is 0. The van der Waals surface area contributed by atoms with Crippen LogP contribution in [0.15, 0.2) is 15.7 Å². The van der Waals surface area contributed by atoms with Crippen molar-refractivity contribution >= 4 is 21.6 Å². The van der Waals surface area contributed by atoms with Gasteiger partial charge >= 0.3 is 0 Å². The molecule has 0 atom stereocenters. The molecule has 0 aromatic carbocycles. The van der Waals surface area contributed by atoms with Gasteiger partial charge in [-0.3, -0.25) is 4.99 Å². The highest BCUT2D eigenvalue weighted by molar-refractivity contribution is 9.12. The van der Waals surface area contributed by atoms with Gasteiger partial charge in [-0.25, -0.2) is 0 Å². The summed E-state index contributed by atoms with van der Waals surface area (Å²) < 4.78 is 0.837. The third-order valence-electron chi connectivity index (χ3n) is 1.04. The summed E-state index contributed by atoms with van der Waals surface area (Å²) in [6, 6.07) is 0. The largest absolute Gasteiger partial charge is 0.404 e. The van der Waals surface area contributed by atoms with Gasteiger partial charge in [0.05, 0.1) is 10.2 Å². The fourth-order valence-electron chi connectivity index (χ4n) is 0.534. The fourth-order valence-corrected chi connectivity index (χ4v) is 0.851. The number of aliphatic imine (C=N–C) groups is 1. The zero-order chi connectivity index (χ0) is 7.98. The zero-order valence-electron chi connectivity index (χ0n) is 6.19. The average molecular weight is 206 g/mol. The molecule has 58 valence electrons. The van der Waals surface area contributed by atoms with E-state index in [1.54, 1.807) is 7.05 Å². The van der Waals surface area contributed by atoms with E-state index in [4.69, 9.17) is 5.73 Å². The van der Waals surface area contributed by atoms with E-state index in [2.05, 4.69) is 26.2 Å². The normalized spacial score (nSPS) is 13.9. The van der Waals surface area contributed by atoms with Gasteiger partial charge in [0.1, 0.15) is 0 Å². The Morgan fingerprint density at radius 1 is 1.80 bits per heavy atom. The number of nitrogens with one attached hydrogen (secondary N) is 1. The van der Waals surface area contributed by atoms with Crippen LogP contribution in [0.1, 0.15) is 0 Å².